The third-order valence-electron chi connectivity index (χ3n) is 6.21. The van der Waals surface area contributed by atoms with Gasteiger partial charge in [0, 0.05) is 22.6 Å². The van der Waals surface area contributed by atoms with Gasteiger partial charge in [-0.25, -0.2) is 8.42 Å². The van der Waals surface area contributed by atoms with E-state index in [9.17, 15) is 18.0 Å². The predicted octanol–water partition coefficient (Wildman–Crippen LogP) is 5.89. The van der Waals surface area contributed by atoms with Crippen LogP contribution in [0.15, 0.2) is 82.2 Å². The molecule has 0 spiro atoms. The Balaban J connectivity index is 2.07. The van der Waals surface area contributed by atoms with Gasteiger partial charge in [-0.2, -0.15) is 0 Å². The number of hydrogen-bond acceptors (Lipinski definition) is 5. The van der Waals surface area contributed by atoms with Gasteiger partial charge in [-0.05, 0) is 73.9 Å². The highest BCUT2D eigenvalue weighted by Gasteiger charge is 2.33. The molecule has 0 saturated carbocycles. The molecule has 0 bridgehead atoms. The highest BCUT2D eigenvalue weighted by atomic mass is 79.9. The molecule has 1 N–H and O–H groups in total. The maximum absolute atomic E-state index is 14.1. The number of rotatable bonds is 13. The van der Waals surface area contributed by atoms with Crippen molar-refractivity contribution in [1.29, 1.82) is 0 Å². The van der Waals surface area contributed by atoms with E-state index >= 15 is 0 Å². The lowest BCUT2D eigenvalue weighted by Crippen LogP contribution is -2.51. The number of benzene rings is 3. The maximum Gasteiger partial charge on any atom is 0.264 e. The van der Waals surface area contributed by atoms with E-state index in [1.54, 1.807) is 38.1 Å². The third kappa shape index (κ3) is 8.70. The number of halogens is 2. The Kier molecular flexibility index (Phi) is 11.6. The van der Waals surface area contributed by atoms with Crippen LogP contribution in [0.5, 0.6) is 5.75 Å². The van der Waals surface area contributed by atoms with Gasteiger partial charge < -0.3 is 15.0 Å². The van der Waals surface area contributed by atoms with Crippen LogP contribution in [0, 0.1) is 5.92 Å². The van der Waals surface area contributed by atoms with Gasteiger partial charge in [-0.3, -0.25) is 13.9 Å². The van der Waals surface area contributed by atoms with Crippen molar-refractivity contribution in [3.8, 4) is 5.75 Å². The molecule has 0 aliphatic carbocycles. The molecule has 3 aromatic rings. The van der Waals surface area contributed by atoms with Gasteiger partial charge in [-0.15, -0.1) is 0 Å². The summed E-state index contributed by atoms with van der Waals surface area (Å²) in [7, 11) is -4.25. The fourth-order valence-electron chi connectivity index (χ4n) is 4.05. The van der Waals surface area contributed by atoms with E-state index in [0.29, 0.717) is 23.9 Å². The molecule has 0 aliphatic rings. The second-order valence-electron chi connectivity index (χ2n) is 9.83. The van der Waals surface area contributed by atoms with Crippen LogP contribution in [0.1, 0.15) is 33.3 Å². The minimum atomic E-state index is -4.25. The minimum absolute atomic E-state index is 0.0396. The van der Waals surface area contributed by atoms with Gasteiger partial charge in [0.25, 0.3) is 10.0 Å². The lowest BCUT2D eigenvalue weighted by molar-refractivity contribution is -0.139. The van der Waals surface area contributed by atoms with Crippen LogP contribution in [0.2, 0.25) is 5.02 Å². The normalized spacial score (nSPS) is 12.1. The summed E-state index contributed by atoms with van der Waals surface area (Å²) in [5.41, 5.74) is 0.982. The molecule has 0 saturated heterocycles. The minimum Gasteiger partial charge on any atom is -0.492 e. The molecule has 0 aromatic heterocycles. The molecule has 3 aromatic carbocycles. The second kappa shape index (κ2) is 14.7. The number of para-hydroxylation sites is 2. The summed E-state index contributed by atoms with van der Waals surface area (Å²) in [6.45, 7) is 7.65. The molecule has 8 nitrogen and oxygen atoms in total. The molecule has 0 aliphatic heterocycles. The first kappa shape index (κ1) is 32.4. The van der Waals surface area contributed by atoms with E-state index in [0.717, 1.165) is 14.3 Å². The Labute approximate surface area is 255 Å². The summed E-state index contributed by atoms with van der Waals surface area (Å²) >= 11 is 9.47. The van der Waals surface area contributed by atoms with Crippen LogP contribution < -0.4 is 14.4 Å². The average Bonchev–Trinajstić information content (AvgIpc) is 2.93. The van der Waals surface area contributed by atoms with E-state index in [4.69, 9.17) is 16.3 Å². The lowest BCUT2D eigenvalue weighted by atomic mass is 10.1. The molecule has 220 valence electrons. The van der Waals surface area contributed by atoms with Crippen molar-refractivity contribution in [1.82, 2.24) is 10.2 Å². The van der Waals surface area contributed by atoms with Gasteiger partial charge in [0.2, 0.25) is 11.8 Å². The smallest absolute Gasteiger partial charge is 0.264 e. The number of amides is 2. The number of carbonyl (C=O) groups is 2. The fourth-order valence-corrected chi connectivity index (χ4v) is 6.05. The number of nitrogens with zero attached hydrogens (tertiary/aromatic N) is 2. The standard InChI is InChI=1S/C30H35BrClN3O5S/c1-5-40-28-12-7-6-11-27(28)35(41(38,39)26-15-13-25(32)14-16-26)20-29(36)34(19-23-9-8-10-24(31)17-23)22(4)30(37)33-18-21(2)3/h6-17,21-22H,5,18-20H2,1-4H3,(H,33,37)/t22-/m1/s1. The van der Waals surface area contributed by atoms with Gasteiger partial charge in [0.15, 0.2) is 0 Å². The van der Waals surface area contributed by atoms with Crippen molar-refractivity contribution in [3.05, 3.63) is 87.9 Å². The Morgan fingerprint density at radius 1 is 1.00 bits per heavy atom. The van der Waals surface area contributed by atoms with Crippen LogP contribution in [0.4, 0.5) is 5.69 Å². The highest BCUT2D eigenvalue weighted by molar-refractivity contribution is 9.10. The van der Waals surface area contributed by atoms with Crippen molar-refractivity contribution in [2.75, 3.05) is 24.0 Å². The number of sulfonamides is 1. The second-order valence-corrected chi connectivity index (χ2v) is 13.0. The zero-order valence-electron chi connectivity index (χ0n) is 23.5. The molecule has 0 fully saturated rings. The third-order valence-corrected chi connectivity index (χ3v) is 8.73. The fraction of sp³-hybridized carbons (Fsp3) is 0.333. The Bertz CT molecular complexity index is 1450. The SMILES string of the molecule is CCOc1ccccc1N(CC(=O)N(Cc1cccc(Br)c1)[C@H](C)C(=O)NCC(C)C)S(=O)(=O)c1ccc(Cl)cc1. The van der Waals surface area contributed by atoms with Crippen LogP contribution in [-0.4, -0.2) is 50.9 Å². The number of hydrogen-bond donors (Lipinski definition) is 1. The summed E-state index contributed by atoms with van der Waals surface area (Å²) in [6, 6.07) is 18.9. The van der Waals surface area contributed by atoms with Gasteiger partial charge in [-0.1, -0.05) is 65.6 Å². The van der Waals surface area contributed by atoms with E-state index in [1.807, 2.05) is 38.1 Å². The zero-order valence-corrected chi connectivity index (χ0v) is 26.7. The van der Waals surface area contributed by atoms with E-state index in [2.05, 4.69) is 21.2 Å². The summed E-state index contributed by atoms with van der Waals surface area (Å²) < 4.78 is 35.6. The Morgan fingerprint density at radius 3 is 2.32 bits per heavy atom. The molecule has 0 heterocycles. The van der Waals surface area contributed by atoms with Crippen molar-refractivity contribution >= 4 is 55.1 Å². The molecule has 1 atom stereocenters. The van der Waals surface area contributed by atoms with E-state index in [1.165, 1.54) is 29.2 Å². The Hall–Kier alpha value is -3.08. The molecule has 11 heteroatoms. The van der Waals surface area contributed by atoms with E-state index < -0.39 is 28.5 Å². The summed E-state index contributed by atoms with van der Waals surface area (Å²) in [5, 5.41) is 3.26. The molecule has 0 unspecified atom stereocenters. The topological polar surface area (TPSA) is 96.0 Å². The number of ether oxygens (including phenoxy) is 1. The molecule has 2 amide bonds. The largest absolute Gasteiger partial charge is 0.492 e. The van der Waals surface area contributed by atoms with Crippen LogP contribution in [0.25, 0.3) is 0 Å². The predicted molar refractivity (Wildman–Crippen MR) is 166 cm³/mol. The van der Waals surface area contributed by atoms with Crippen molar-refractivity contribution in [2.24, 2.45) is 5.92 Å². The van der Waals surface area contributed by atoms with Crippen molar-refractivity contribution in [3.63, 3.8) is 0 Å². The molecule has 0 radical (unpaired) electrons. The number of carbonyl (C=O) groups excluding carboxylic acids is 2. The monoisotopic (exact) mass is 663 g/mol. The van der Waals surface area contributed by atoms with Gasteiger partial charge in [0.05, 0.1) is 17.2 Å². The Morgan fingerprint density at radius 2 is 1.68 bits per heavy atom. The molecular formula is C30H35BrClN3O5S. The highest BCUT2D eigenvalue weighted by Crippen LogP contribution is 2.33. The molecule has 41 heavy (non-hydrogen) atoms. The van der Waals surface area contributed by atoms with Gasteiger partial charge in [0.1, 0.15) is 18.3 Å². The average molecular weight is 665 g/mol. The summed E-state index contributed by atoms with van der Waals surface area (Å²) in [5.74, 6) is -0.359. The van der Waals surface area contributed by atoms with Crippen LogP contribution in [0.3, 0.4) is 0 Å². The number of anilines is 1. The summed E-state index contributed by atoms with van der Waals surface area (Å²) in [6.07, 6.45) is 0. The lowest BCUT2D eigenvalue weighted by Gasteiger charge is -2.32. The first-order chi connectivity index (χ1) is 19.4. The van der Waals surface area contributed by atoms with Crippen molar-refractivity contribution in [2.45, 2.75) is 45.2 Å². The van der Waals surface area contributed by atoms with Gasteiger partial charge >= 0.3 is 0 Å². The zero-order chi connectivity index (χ0) is 30.2. The number of nitrogens with one attached hydrogen (secondary N) is 1. The maximum atomic E-state index is 14.1. The molecular weight excluding hydrogens is 630 g/mol. The summed E-state index contributed by atoms with van der Waals surface area (Å²) in [4.78, 5) is 28.5. The van der Waals surface area contributed by atoms with E-state index in [-0.39, 0.29) is 29.0 Å². The van der Waals surface area contributed by atoms with Crippen molar-refractivity contribution < 1.29 is 22.7 Å². The van der Waals surface area contributed by atoms with Crippen LogP contribution in [-0.2, 0) is 26.2 Å². The van der Waals surface area contributed by atoms with Crippen LogP contribution >= 0.6 is 27.5 Å². The molecule has 3 rings (SSSR count). The quantitative estimate of drug-likeness (QED) is 0.246. The first-order valence-electron chi connectivity index (χ1n) is 13.3. The first-order valence-corrected chi connectivity index (χ1v) is 15.9.